The van der Waals surface area contributed by atoms with Crippen molar-refractivity contribution in [1.29, 1.82) is 0 Å². The van der Waals surface area contributed by atoms with E-state index in [0.717, 1.165) is 11.6 Å². The second-order valence-electron chi connectivity index (χ2n) is 7.06. The summed E-state index contributed by atoms with van der Waals surface area (Å²) in [5.74, 6) is 0.226. The molecule has 0 unspecified atom stereocenters. The van der Waals surface area contributed by atoms with Gasteiger partial charge in [0.1, 0.15) is 10.1 Å². The molecular weight excluding hydrogens is 470 g/mol. The molecule has 33 heavy (non-hydrogen) atoms. The summed E-state index contributed by atoms with van der Waals surface area (Å²) in [5, 5.41) is 23.1. The zero-order valence-electron chi connectivity index (χ0n) is 17.0. The summed E-state index contributed by atoms with van der Waals surface area (Å²) in [4.78, 5) is 36.9. The minimum absolute atomic E-state index is 0.0642. The van der Waals surface area contributed by atoms with Crippen LogP contribution in [0, 0.1) is 10.1 Å². The molecule has 0 radical (unpaired) electrons. The largest absolute Gasteiger partial charge is 0.506 e. The fourth-order valence-corrected chi connectivity index (χ4v) is 4.51. The van der Waals surface area contributed by atoms with Gasteiger partial charge in [-0.25, -0.2) is 0 Å². The molecule has 0 aliphatic carbocycles. The number of fused-ring (bicyclic) bond motifs is 1. The Balaban J connectivity index is 1.31. The van der Waals surface area contributed by atoms with Gasteiger partial charge in [-0.15, -0.1) is 0 Å². The number of phenolic OH excluding ortho intramolecular Hbond substituents is 1. The first-order chi connectivity index (χ1) is 15.8. The fourth-order valence-electron chi connectivity index (χ4n) is 3.20. The third kappa shape index (κ3) is 5.07. The molecule has 12 heteroatoms. The van der Waals surface area contributed by atoms with Gasteiger partial charge in [-0.2, -0.15) is 0 Å². The Labute approximate surface area is 197 Å². The Bertz CT molecular complexity index is 1200. The smallest absolute Gasteiger partial charge is 0.273 e. The number of non-ortho nitro benzene ring substituents is 1. The summed E-state index contributed by atoms with van der Waals surface area (Å²) in [5.41, 5.74) is 0.568. The third-order valence-corrected chi connectivity index (χ3v) is 6.20. The van der Waals surface area contributed by atoms with E-state index in [-0.39, 0.29) is 37.0 Å². The minimum Gasteiger partial charge on any atom is -0.506 e. The Hall–Kier alpha value is -3.64. The average Bonchev–Trinajstić information content (AvgIpc) is 3.34. The Morgan fingerprint density at radius 1 is 1.27 bits per heavy atom. The first-order valence-corrected chi connectivity index (χ1v) is 11.0. The third-order valence-electron chi connectivity index (χ3n) is 4.82. The van der Waals surface area contributed by atoms with E-state index in [1.54, 1.807) is 18.2 Å². The Kier molecular flexibility index (Phi) is 6.47. The maximum absolute atomic E-state index is 12.8. The number of amides is 2. The van der Waals surface area contributed by atoms with E-state index in [9.17, 15) is 24.8 Å². The molecule has 0 aromatic heterocycles. The van der Waals surface area contributed by atoms with Crippen LogP contribution in [0.25, 0.3) is 6.08 Å². The van der Waals surface area contributed by atoms with E-state index in [1.165, 1.54) is 28.8 Å². The van der Waals surface area contributed by atoms with Gasteiger partial charge in [0.2, 0.25) is 12.7 Å². The molecule has 4 rings (SSSR count). The van der Waals surface area contributed by atoms with Crippen LogP contribution in [0.1, 0.15) is 18.4 Å². The van der Waals surface area contributed by atoms with Gasteiger partial charge in [0.25, 0.3) is 11.6 Å². The fraction of sp³-hybridized carbons (Fsp3) is 0.190. The number of carbonyl (C=O) groups is 2. The van der Waals surface area contributed by atoms with Crippen LogP contribution in [0.3, 0.4) is 0 Å². The number of rotatable bonds is 7. The van der Waals surface area contributed by atoms with Crippen LogP contribution < -0.4 is 14.8 Å². The lowest BCUT2D eigenvalue weighted by atomic mass is 10.2. The van der Waals surface area contributed by atoms with Crippen LogP contribution >= 0.6 is 24.0 Å². The molecule has 1 saturated heterocycles. The maximum Gasteiger partial charge on any atom is 0.273 e. The van der Waals surface area contributed by atoms with E-state index in [1.807, 2.05) is 6.07 Å². The number of phenols is 1. The van der Waals surface area contributed by atoms with Crippen molar-refractivity contribution in [2.24, 2.45) is 0 Å². The summed E-state index contributed by atoms with van der Waals surface area (Å²) < 4.78 is 11.0. The number of carbonyl (C=O) groups excluding carboxylic acids is 2. The molecule has 170 valence electrons. The maximum atomic E-state index is 12.8. The highest BCUT2D eigenvalue weighted by atomic mass is 32.2. The topological polar surface area (TPSA) is 131 Å². The van der Waals surface area contributed by atoms with Crippen molar-refractivity contribution in [2.45, 2.75) is 12.8 Å². The normalized spacial score (nSPS) is 15.9. The molecule has 1 fully saturated rings. The van der Waals surface area contributed by atoms with E-state index in [2.05, 4.69) is 5.32 Å². The number of aromatic hydroxyl groups is 1. The highest BCUT2D eigenvalue weighted by Crippen LogP contribution is 2.36. The quantitative estimate of drug-likeness (QED) is 0.197. The number of hydrogen-bond acceptors (Lipinski definition) is 9. The zero-order chi connectivity index (χ0) is 23.5. The number of hydrogen-bond donors (Lipinski definition) is 2. The van der Waals surface area contributed by atoms with E-state index in [0.29, 0.717) is 27.1 Å². The van der Waals surface area contributed by atoms with Gasteiger partial charge in [-0.1, -0.05) is 30.0 Å². The molecule has 2 aromatic carbocycles. The summed E-state index contributed by atoms with van der Waals surface area (Å²) >= 11 is 6.50. The number of thioether (sulfide) groups is 1. The van der Waals surface area contributed by atoms with E-state index >= 15 is 0 Å². The first-order valence-electron chi connectivity index (χ1n) is 9.74. The van der Waals surface area contributed by atoms with Gasteiger partial charge in [0, 0.05) is 19.0 Å². The predicted octanol–water partition coefficient (Wildman–Crippen LogP) is 3.65. The first kappa shape index (κ1) is 22.6. The number of nitro groups is 1. The summed E-state index contributed by atoms with van der Waals surface area (Å²) in [6, 6.07) is 8.78. The number of thiocarbonyl (C=S) groups is 1. The lowest BCUT2D eigenvalue weighted by Gasteiger charge is -2.14. The lowest BCUT2D eigenvalue weighted by Crippen LogP contribution is -2.29. The highest BCUT2D eigenvalue weighted by molar-refractivity contribution is 8.26. The molecule has 10 nitrogen and oxygen atoms in total. The van der Waals surface area contributed by atoms with Gasteiger partial charge in [-0.3, -0.25) is 24.6 Å². The molecule has 0 saturated carbocycles. The lowest BCUT2D eigenvalue weighted by molar-refractivity contribution is -0.384. The van der Waals surface area contributed by atoms with Crippen molar-refractivity contribution in [3.8, 4) is 17.2 Å². The summed E-state index contributed by atoms with van der Waals surface area (Å²) in [7, 11) is 0. The molecule has 2 aliphatic heterocycles. The van der Waals surface area contributed by atoms with Crippen LogP contribution in [0.5, 0.6) is 17.2 Å². The van der Waals surface area contributed by atoms with Crippen LogP contribution in [0.15, 0.2) is 41.3 Å². The number of ether oxygens (including phenoxy) is 2. The second kappa shape index (κ2) is 9.46. The van der Waals surface area contributed by atoms with Crippen LogP contribution in [0.2, 0.25) is 0 Å². The highest BCUT2D eigenvalue weighted by Gasteiger charge is 2.31. The number of anilines is 1. The van der Waals surface area contributed by atoms with Gasteiger partial charge < -0.3 is 19.9 Å². The van der Waals surface area contributed by atoms with Crippen LogP contribution in [-0.2, 0) is 9.59 Å². The SMILES string of the molecule is O=C(CCCN1C(=O)/C(=C/c2ccc3c(c2)OCO3)SC1=S)Nc1ccc([N+](=O)[O-])cc1O. The summed E-state index contributed by atoms with van der Waals surface area (Å²) in [6.07, 6.45) is 2.13. The van der Waals surface area contributed by atoms with Crippen molar-refractivity contribution in [1.82, 2.24) is 4.90 Å². The van der Waals surface area contributed by atoms with Gasteiger partial charge in [0.05, 0.1) is 21.6 Å². The van der Waals surface area contributed by atoms with Crippen molar-refractivity contribution in [3.63, 3.8) is 0 Å². The molecule has 2 aromatic rings. The Morgan fingerprint density at radius 3 is 2.82 bits per heavy atom. The number of nitrogens with one attached hydrogen (secondary N) is 1. The summed E-state index contributed by atoms with van der Waals surface area (Å²) in [6.45, 7) is 0.418. The van der Waals surface area contributed by atoms with E-state index in [4.69, 9.17) is 21.7 Å². The molecule has 0 bridgehead atoms. The predicted molar refractivity (Wildman–Crippen MR) is 125 cm³/mol. The van der Waals surface area contributed by atoms with Gasteiger partial charge in [-0.05, 0) is 36.3 Å². The van der Waals surface area contributed by atoms with Crippen molar-refractivity contribution in [3.05, 3.63) is 57.0 Å². The average molecular weight is 488 g/mol. The number of benzene rings is 2. The number of nitro benzene ring substituents is 1. The molecular formula is C21H17N3O7S2. The molecule has 0 atom stereocenters. The van der Waals surface area contributed by atoms with Crippen LogP contribution in [0.4, 0.5) is 11.4 Å². The van der Waals surface area contributed by atoms with Crippen molar-refractivity contribution in [2.75, 3.05) is 18.7 Å². The van der Waals surface area contributed by atoms with Gasteiger partial charge >= 0.3 is 0 Å². The van der Waals surface area contributed by atoms with Crippen molar-refractivity contribution >= 4 is 57.6 Å². The monoisotopic (exact) mass is 487 g/mol. The second-order valence-corrected chi connectivity index (χ2v) is 8.73. The zero-order valence-corrected chi connectivity index (χ0v) is 18.6. The Morgan fingerprint density at radius 2 is 2.06 bits per heavy atom. The number of nitrogens with zero attached hydrogens (tertiary/aromatic N) is 2. The molecule has 2 heterocycles. The molecule has 2 aliphatic rings. The van der Waals surface area contributed by atoms with Crippen molar-refractivity contribution < 1.29 is 29.1 Å². The van der Waals surface area contributed by atoms with Gasteiger partial charge in [0.15, 0.2) is 11.5 Å². The molecule has 2 amide bonds. The standard InChI is InChI=1S/C21H17N3O7S2/c25-15-10-13(24(28)29)4-5-14(15)22-19(26)2-1-7-23-20(27)18(33-21(23)32)9-12-3-6-16-17(8-12)31-11-30-16/h3-6,8-10,25H,1-2,7,11H2,(H,22,26)/b18-9-. The molecule has 2 N–H and O–H groups in total. The minimum atomic E-state index is -0.644. The van der Waals surface area contributed by atoms with E-state index < -0.39 is 16.6 Å². The van der Waals surface area contributed by atoms with Crippen LogP contribution in [-0.4, -0.2) is 44.4 Å². The molecule has 0 spiro atoms.